The van der Waals surface area contributed by atoms with E-state index >= 15 is 0 Å². The van der Waals surface area contributed by atoms with Crippen LogP contribution in [0, 0.1) is 13.8 Å². The number of hydrogen-bond donors (Lipinski definition) is 2. The van der Waals surface area contributed by atoms with Crippen molar-refractivity contribution in [2.75, 3.05) is 11.9 Å². The van der Waals surface area contributed by atoms with Crippen molar-refractivity contribution in [3.05, 3.63) is 23.4 Å². The smallest absolute Gasteiger partial charge is 0.242 e. The van der Waals surface area contributed by atoms with E-state index in [-0.39, 0.29) is 24.4 Å². The molecule has 1 aliphatic heterocycles. The average Bonchev–Trinajstić information content (AvgIpc) is 2.68. The zero-order chi connectivity index (χ0) is 11.5. The maximum Gasteiger partial charge on any atom is 0.242 e. The first-order valence-corrected chi connectivity index (χ1v) is 5.65. The van der Waals surface area contributed by atoms with E-state index in [1.807, 2.05) is 26.0 Å². The Morgan fingerprint density at radius 1 is 1.47 bits per heavy atom. The van der Waals surface area contributed by atoms with Crippen LogP contribution in [0.4, 0.5) is 5.82 Å². The van der Waals surface area contributed by atoms with Crippen molar-refractivity contribution in [3.63, 3.8) is 0 Å². The summed E-state index contributed by atoms with van der Waals surface area (Å²) in [7, 11) is 0. The van der Waals surface area contributed by atoms with Gasteiger partial charge in [0.1, 0.15) is 5.82 Å². The van der Waals surface area contributed by atoms with Crippen LogP contribution in [0.15, 0.2) is 12.1 Å². The number of nitrogens with zero attached hydrogens (tertiary/aromatic N) is 1. The van der Waals surface area contributed by atoms with Gasteiger partial charge < -0.3 is 10.6 Å². The van der Waals surface area contributed by atoms with Crippen LogP contribution in [-0.2, 0) is 4.79 Å². The molecule has 4 nitrogen and oxygen atoms in total. The van der Waals surface area contributed by atoms with E-state index in [0.29, 0.717) is 5.82 Å². The minimum atomic E-state index is -0.0531. The standard InChI is InChI=1S/C12H17N3O.ClH/c1-8-6-9(2)14-11(7-8)15-12(16)10-4-3-5-13-10;/h6-7,10,13H,3-5H2,1-2H3,(H,14,15,16);1H. The fourth-order valence-electron chi connectivity index (χ4n) is 2.03. The first kappa shape index (κ1) is 13.9. The molecule has 1 amide bonds. The molecule has 1 atom stereocenters. The van der Waals surface area contributed by atoms with E-state index in [4.69, 9.17) is 0 Å². The number of carbonyl (C=O) groups excluding carboxylic acids is 1. The topological polar surface area (TPSA) is 54.0 Å². The molecule has 1 saturated heterocycles. The van der Waals surface area contributed by atoms with Gasteiger partial charge in [-0.25, -0.2) is 4.98 Å². The first-order valence-electron chi connectivity index (χ1n) is 5.65. The Balaban J connectivity index is 0.00000144. The van der Waals surface area contributed by atoms with Crippen LogP contribution >= 0.6 is 12.4 Å². The van der Waals surface area contributed by atoms with E-state index in [2.05, 4.69) is 15.6 Å². The molecule has 1 aromatic rings. The van der Waals surface area contributed by atoms with Crippen LogP contribution in [0.5, 0.6) is 0 Å². The van der Waals surface area contributed by atoms with Crippen molar-refractivity contribution in [1.29, 1.82) is 0 Å². The molecule has 2 heterocycles. The average molecular weight is 256 g/mol. The second-order valence-electron chi connectivity index (χ2n) is 4.31. The highest BCUT2D eigenvalue weighted by molar-refractivity contribution is 5.94. The zero-order valence-corrected chi connectivity index (χ0v) is 10.9. The van der Waals surface area contributed by atoms with E-state index in [1.54, 1.807) is 0 Å². The van der Waals surface area contributed by atoms with Gasteiger partial charge in [0.25, 0.3) is 0 Å². The summed E-state index contributed by atoms with van der Waals surface area (Å²) in [5.74, 6) is 0.672. The van der Waals surface area contributed by atoms with Gasteiger partial charge >= 0.3 is 0 Å². The monoisotopic (exact) mass is 255 g/mol. The number of aromatic nitrogens is 1. The van der Waals surface area contributed by atoms with Gasteiger partial charge in [0.05, 0.1) is 6.04 Å². The third-order valence-electron chi connectivity index (χ3n) is 2.73. The van der Waals surface area contributed by atoms with Gasteiger partial charge in [-0.15, -0.1) is 12.4 Å². The molecule has 0 spiro atoms. The molecule has 2 N–H and O–H groups in total. The van der Waals surface area contributed by atoms with Crippen molar-refractivity contribution in [2.45, 2.75) is 32.7 Å². The van der Waals surface area contributed by atoms with Crippen molar-refractivity contribution in [2.24, 2.45) is 0 Å². The van der Waals surface area contributed by atoms with Crippen LogP contribution < -0.4 is 10.6 Å². The second kappa shape index (κ2) is 5.98. The number of halogens is 1. The highest BCUT2D eigenvalue weighted by Crippen LogP contribution is 2.11. The molecule has 17 heavy (non-hydrogen) atoms. The Kier molecular flexibility index (Phi) is 4.90. The molecule has 94 valence electrons. The van der Waals surface area contributed by atoms with Gasteiger partial charge in [0.2, 0.25) is 5.91 Å². The van der Waals surface area contributed by atoms with Gasteiger partial charge in [-0.05, 0) is 50.9 Å². The normalized spacial score (nSPS) is 18.6. The molecular formula is C12H18ClN3O. The molecule has 0 bridgehead atoms. The highest BCUT2D eigenvalue weighted by Gasteiger charge is 2.22. The summed E-state index contributed by atoms with van der Waals surface area (Å²) in [6.07, 6.45) is 1.98. The number of hydrogen-bond acceptors (Lipinski definition) is 3. The maximum absolute atomic E-state index is 11.8. The zero-order valence-electron chi connectivity index (χ0n) is 10.1. The predicted molar refractivity (Wildman–Crippen MR) is 70.6 cm³/mol. The van der Waals surface area contributed by atoms with Gasteiger partial charge in [-0.1, -0.05) is 0 Å². The number of pyridine rings is 1. The van der Waals surface area contributed by atoms with Gasteiger partial charge in [0.15, 0.2) is 0 Å². The minimum Gasteiger partial charge on any atom is -0.309 e. The molecule has 2 rings (SSSR count). The molecule has 0 aliphatic carbocycles. The van der Waals surface area contributed by atoms with E-state index < -0.39 is 0 Å². The SMILES string of the molecule is Cc1cc(C)nc(NC(=O)C2CCCN2)c1.Cl. The molecule has 0 saturated carbocycles. The van der Waals surface area contributed by atoms with Crippen LogP contribution in [0.3, 0.4) is 0 Å². The quantitative estimate of drug-likeness (QED) is 0.848. The van der Waals surface area contributed by atoms with Crippen molar-refractivity contribution in [3.8, 4) is 0 Å². The third-order valence-corrected chi connectivity index (χ3v) is 2.73. The Bertz CT molecular complexity index is 382. The third kappa shape index (κ3) is 3.68. The van der Waals surface area contributed by atoms with Gasteiger partial charge in [-0.3, -0.25) is 4.79 Å². The number of aryl methyl sites for hydroxylation is 2. The van der Waals surface area contributed by atoms with Gasteiger partial charge in [-0.2, -0.15) is 0 Å². The molecule has 1 aromatic heterocycles. The summed E-state index contributed by atoms with van der Waals surface area (Å²) in [6, 6.07) is 3.83. The maximum atomic E-state index is 11.8. The summed E-state index contributed by atoms with van der Waals surface area (Å²) in [4.78, 5) is 16.1. The largest absolute Gasteiger partial charge is 0.309 e. The fourth-order valence-corrected chi connectivity index (χ4v) is 2.03. The lowest BCUT2D eigenvalue weighted by Gasteiger charge is -2.11. The molecule has 5 heteroatoms. The molecule has 0 aromatic carbocycles. The summed E-state index contributed by atoms with van der Waals surface area (Å²) >= 11 is 0. The molecule has 0 radical (unpaired) electrons. The summed E-state index contributed by atoms with van der Waals surface area (Å²) < 4.78 is 0. The van der Waals surface area contributed by atoms with E-state index in [1.165, 1.54) is 0 Å². The molecule has 1 unspecified atom stereocenters. The lowest BCUT2D eigenvalue weighted by Crippen LogP contribution is -2.35. The van der Waals surface area contributed by atoms with Crippen LogP contribution in [0.25, 0.3) is 0 Å². The number of amides is 1. The van der Waals surface area contributed by atoms with Crippen LogP contribution in [0.1, 0.15) is 24.1 Å². The lowest BCUT2D eigenvalue weighted by molar-refractivity contribution is -0.117. The Morgan fingerprint density at radius 2 is 2.24 bits per heavy atom. The summed E-state index contributed by atoms with van der Waals surface area (Å²) in [6.45, 7) is 4.85. The highest BCUT2D eigenvalue weighted by atomic mass is 35.5. The molecular weight excluding hydrogens is 238 g/mol. The molecule has 1 aliphatic rings. The summed E-state index contributed by atoms with van der Waals surface area (Å²) in [5, 5.41) is 6.02. The number of anilines is 1. The Labute approximate surface area is 108 Å². The fraction of sp³-hybridized carbons (Fsp3) is 0.500. The molecule has 1 fully saturated rings. The summed E-state index contributed by atoms with van der Waals surface area (Å²) in [5.41, 5.74) is 2.04. The van der Waals surface area contributed by atoms with Crippen LogP contribution in [-0.4, -0.2) is 23.5 Å². The Morgan fingerprint density at radius 3 is 2.82 bits per heavy atom. The van der Waals surface area contributed by atoms with Gasteiger partial charge in [0, 0.05) is 5.69 Å². The number of carbonyl (C=O) groups is 1. The van der Waals surface area contributed by atoms with E-state index in [9.17, 15) is 4.79 Å². The second-order valence-corrected chi connectivity index (χ2v) is 4.31. The lowest BCUT2D eigenvalue weighted by atomic mass is 10.2. The first-order chi connectivity index (χ1) is 7.65. The van der Waals surface area contributed by atoms with Crippen molar-refractivity contribution >= 4 is 24.1 Å². The predicted octanol–water partition coefficient (Wildman–Crippen LogP) is 1.81. The number of nitrogens with one attached hydrogen (secondary N) is 2. The Hall–Kier alpha value is -1.13. The van der Waals surface area contributed by atoms with Crippen molar-refractivity contribution in [1.82, 2.24) is 10.3 Å². The van der Waals surface area contributed by atoms with Crippen LogP contribution in [0.2, 0.25) is 0 Å². The van der Waals surface area contributed by atoms with E-state index in [0.717, 1.165) is 30.6 Å². The minimum absolute atomic E-state index is 0. The van der Waals surface area contributed by atoms with Crippen molar-refractivity contribution < 1.29 is 4.79 Å². The number of rotatable bonds is 2.